The minimum atomic E-state index is -3.62. The maximum absolute atomic E-state index is 12.8. The van der Waals surface area contributed by atoms with E-state index >= 15 is 0 Å². The Bertz CT molecular complexity index is 481. The highest BCUT2D eigenvalue weighted by molar-refractivity contribution is 5.87. The Kier molecular flexibility index (Phi) is 2.38. The highest BCUT2D eigenvalue weighted by atomic mass is 19.3. The molecule has 0 fully saturated rings. The molecule has 1 aromatic rings. The maximum Gasteiger partial charge on any atom is 0.586 e. The van der Waals surface area contributed by atoms with E-state index in [1.54, 1.807) is 19.9 Å². The van der Waals surface area contributed by atoms with Crippen LogP contribution < -0.4 is 9.47 Å². The molecule has 0 atom stereocenters. The van der Waals surface area contributed by atoms with Crippen LogP contribution in [0, 0.1) is 0 Å². The summed E-state index contributed by atoms with van der Waals surface area (Å²) in [6, 6.07) is 4.39. The first-order chi connectivity index (χ1) is 7.72. The normalized spacial score (nSPS) is 17.0. The largest absolute Gasteiger partial charge is 0.586 e. The van der Waals surface area contributed by atoms with Crippen LogP contribution in [0.2, 0.25) is 0 Å². The molecule has 0 bridgehead atoms. The zero-order chi connectivity index (χ0) is 12.8. The highest BCUT2D eigenvalue weighted by Gasteiger charge is 2.44. The minimum Gasteiger partial charge on any atom is -0.395 e. The molecule has 0 N–H and O–H groups in total. The molecule has 1 heterocycles. The van der Waals surface area contributed by atoms with Crippen LogP contribution in [0.5, 0.6) is 11.5 Å². The Morgan fingerprint density at radius 3 is 2.41 bits per heavy atom. The molecular weight excluding hydrogens is 230 g/mol. The van der Waals surface area contributed by atoms with Crippen molar-refractivity contribution < 1.29 is 23.0 Å². The zero-order valence-corrected chi connectivity index (χ0v) is 9.71. The molecule has 2 rings (SSSR count). The number of carbonyl (C=O) groups excluding carboxylic acids is 1. The van der Waals surface area contributed by atoms with Crippen LogP contribution in [0.3, 0.4) is 0 Å². The summed E-state index contributed by atoms with van der Waals surface area (Å²) in [7, 11) is 0. The van der Waals surface area contributed by atoms with Crippen molar-refractivity contribution >= 4 is 5.78 Å². The first kappa shape index (κ1) is 11.8. The van der Waals surface area contributed by atoms with Crippen LogP contribution in [-0.2, 0) is 10.2 Å². The van der Waals surface area contributed by atoms with E-state index in [-0.39, 0.29) is 17.3 Å². The van der Waals surface area contributed by atoms with Gasteiger partial charge in [-0.25, -0.2) is 0 Å². The predicted octanol–water partition coefficient (Wildman–Crippen LogP) is 2.87. The number of rotatable bonds is 2. The third kappa shape index (κ3) is 1.97. The van der Waals surface area contributed by atoms with Gasteiger partial charge < -0.3 is 9.47 Å². The lowest BCUT2D eigenvalue weighted by atomic mass is 9.81. The number of hydrogen-bond donors (Lipinski definition) is 0. The summed E-state index contributed by atoms with van der Waals surface area (Å²) < 4.78 is 34.2. The fraction of sp³-hybridized carbons (Fsp3) is 0.417. The van der Waals surface area contributed by atoms with Crippen molar-refractivity contribution in [3.05, 3.63) is 23.8 Å². The molecule has 0 spiro atoms. The van der Waals surface area contributed by atoms with Gasteiger partial charge in [0.2, 0.25) is 0 Å². The second kappa shape index (κ2) is 3.42. The molecule has 0 amide bonds. The summed E-state index contributed by atoms with van der Waals surface area (Å²) in [4.78, 5) is 11.5. The molecule has 5 heteroatoms. The summed E-state index contributed by atoms with van der Waals surface area (Å²) >= 11 is 0. The van der Waals surface area contributed by atoms with E-state index in [4.69, 9.17) is 0 Å². The van der Waals surface area contributed by atoms with E-state index in [2.05, 4.69) is 9.47 Å². The van der Waals surface area contributed by atoms with E-state index in [1.165, 1.54) is 19.1 Å². The summed E-state index contributed by atoms with van der Waals surface area (Å²) in [5.41, 5.74) is -0.124. The molecule has 1 aromatic carbocycles. The molecule has 0 radical (unpaired) electrons. The number of hydrogen-bond acceptors (Lipinski definition) is 3. The summed E-state index contributed by atoms with van der Waals surface area (Å²) in [6.45, 7) is 4.91. The zero-order valence-electron chi connectivity index (χ0n) is 9.71. The van der Waals surface area contributed by atoms with Crippen molar-refractivity contribution in [2.75, 3.05) is 0 Å². The van der Waals surface area contributed by atoms with Crippen molar-refractivity contribution in [2.45, 2.75) is 32.5 Å². The number of fused-ring (bicyclic) bond motifs is 1. The summed E-state index contributed by atoms with van der Waals surface area (Å²) in [5, 5.41) is 0. The Morgan fingerprint density at radius 1 is 1.24 bits per heavy atom. The van der Waals surface area contributed by atoms with Gasteiger partial charge in [0, 0.05) is 5.41 Å². The van der Waals surface area contributed by atoms with E-state index < -0.39 is 11.7 Å². The molecule has 92 valence electrons. The van der Waals surface area contributed by atoms with Gasteiger partial charge in [-0.15, -0.1) is 8.78 Å². The number of halogens is 2. The van der Waals surface area contributed by atoms with Gasteiger partial charge >= 0.3 is 6.29 Å². The second-order valence-corrected chi connectivity index (χ2v) is 4.51. The number of carbonyl (C=O) groups is 1. The monoisotopic (exact) mass is 242 g/mol. The second-order valence-electron chi connectivity index (χ2n) is 4.51. The van der Waals surface area contributed by atoms with Crippen LogP contribution in [0.25, 0.3) is 0 Å². The van der Waals surface area contributed by atoms with Gasteiger partial charge in [0.1, 0.15) is 5.78 Å². The smallest absolute Gasteiger partial charge is 0.395 e. The average Bonchev–Trinajstić information content (AvgIpc) is 2.49. The number of Topliss-reactive ketones (excluding diaryl/α,β-unsaturated/α-hetero) is 1. The lowest BCUT2D eigenvalue weighted by Gasteiger charge is -2.21. The van der Waals surface area contributed by atoms with E-state index in [9.17, 15) is 13.6 Å². The number of ether oxygens (including phenoxy) is 2. The Hall–Kier alpha value is -1.65. The first-order valence-electron chi connectivity index (χ1n) is 5.14. The molecule has 17 heavy (non-hydrogen) atoms. The van der Waals surface area contributed by atoms with Crippen LogP contribution >= 0.6 is 0 Å². The topological polar surface area (TPSA) is 35.5 Å². The van der Waals surface area contributed by atoms with Crippen LogP contribution in [0.15, 0.2) is 18.2 Å². The van der Waals surface area contributed by atoms with E-state index in [0.717, 1.165) is 0 Å². The van der Waals surface area contributed by atoms with Crippen LogP contribution in [0.4, 0.5) is 8.78 Å². The fourth-order valence-corrected chi connectivity index (χ4v) is 1.54. The van der Waals surface area contributed by atoms with Crippen molar-refractivity contribution in [1.82, 2.24) is 0 Å². The van der Waals surface area contributed by atoms with Gasteiger partial charge in [0.25, 0.3) is 0 Å². The fourth-order valence-electron chi connectivity index (χ4n) is 1.54. The van der Waals surface area contributed by atoms with Crippen molar-refractivity contribution in [2.24, 2.45) is 0 Å². The van der Waals surface area contributed by atoms with Gasteiger partial charge in [-0.05, 0) is 38.5 Å². The van der Waals surface area contributed by atoms with Gasteiger partial charge in [-0.3, -0.25) is 4.79 Å². The molecule has 1 aliphatic heterocycles. The molecule has 3 nitrogen and oxygen atoms in total. The van der Waals surface area contributed by atoms with Gasteiger partial charge in [-0.2, -0.15) is 0 Å². The van der Waals surface area contributed by atoms with Gasteiger partial charge in [0.15, 0.2) is 11.5 Å². The van der Waals surface area contributed by atoms with Crippen LogP contribution in [-0.4, -0.2) is 12.1 Å². The molecule has 0 saturated carbocycles. The standard InChI is InChI=1S/C12H12F2O3/c1-7(15)11(2,3)8-4-5-9-10(6-8)17-12(13,14)16-9/h4-6H,1-3H3. The average molecular weight is 242 g/mol. The number of alkyl halides is 2. The molecule has 0 saturated heterocycles. The molecule has 0 unspecified atom stereocenters. The van der Waals surface area contributed by atoms with Crippen LogP contribution in [0.1, 0.15) is 26.3 Å². The number of ketones is 1. The SMILES string of the molecule is CC(=O)C(C)(C)c1ccc2c(c1)OC(F)(F)O2. The highest BCUT2D eigenvalue weighted by Crippen LogP contribution is 2.43. The van der Waals surface area contributed by atoms with E-state index in [0.29, 0.717) is 5.56 Å². The quantitative estimate of drug-likeness (QED) is 0.799. The predicted molar refractivity (Wildman–Crippen MR) is 56.4 cm³/mol. The first-order valence-corrected chi connectivity index (χ1v) is 5.14. The van der Waals surface area contributed by atoms with Crippen molar-refractivity contribution in [3.63, 3.8) is 0 Å². The molecule has 0 aromatic heterocycles. The summed E-state index contributed by atoms with van der Waals surface area (Å²) in [6.07, 6.45) is -3.62. The van der Waals surface area contributed by atoms with Crippen molar-refractivity contribution in [1.29, 1.82) is 0 Å². The lowest BCUT2D eigenvalue weighted by Crippen LogP contribution is -2.26. The van der Waals surface area contributed by atoms with Crippen molar-refractivity contribution in [3.8, 4) is 11.5 Å². The Morgan fingerprint density at radius 2 is 1.82 bits per heavy atom. The number of benzene rings is 1. The van der Waals surface area contributed by atoms with Gasteiger partial charge in [-0.1, -0.05) is 6.07 Å². The maximum atomic E-state index is 12.8. The minimum absolute atomic E-state index is 0.0156. The third-order valence-electron chi connectivity index (χ3n) is 3.00. The van der Waals surface area contributed by atoms with Gasteiger partial charge in [0.05, 0.1) is 0 Å². The molecule has 0 aliphatic carbocycles. The van der Waals surface area contributed by atoms with E-state index in [1.807, 2.05) is 0 Å². The third-order valence-corrected chi connectivity index (χ3v) is 3.00. The Balaban J connectivity index is 2.41. The summed E-state index contributed by atoms with van der Waals surface area (Å²) in [5.74, 6) is -0.108. The lowest BCUT2D eigenvalue weighted by molar-refractivity contribution is -0.286. The molecule has 1 aliphatic rings. The molecular formula is C12H12F2O3. The Labute approximate surface area is 97.3 Å².